The summed E-state index contributed by atoms with van der Waals surface area (Å²) in [6.07, 6.45) is 0.671. The third-order valence-electron chi connectivity index (χ3n) is 2.06. The van der Waals surface area contributed by atoms with Crippen LogP contribution in [-0.2, 0) is 9.47 Å². The van der Waals surface area contributed by atoms with Crippen molar-refractivity contribution in [3.8, 4) is 0 Å². The number of rotatable bonds is 2. The molecule has 12 heavy (non-hydrogen) atoms. The van der Waals surface area contributed by atoms with Gasteiger partial charge >= 0.3 is 0 Å². The third-order valence-corrected chi connectivity index (χ3v) is 2.06. The number of methoxy groups -OCH3 is 2. The molecule has 4 heteroatoms. The fourth-order valence-corrected chi connectivity index (χ4v) is 1.27. The van der Waals surface area contributed by atoms with Crippen molar-refractivity contribution in [3.05, 3.63) is 12.2 Å². The molecule has 4 nitrogen and oxygen atoms in total. The van der Waals surface area contributed by atoms with Crippen LogP contribution in [0.4, 0.5) is 0 Å². The molecule has 4 atom stereocenters. The van der Waals surface area contributed by atoms with E-state index in [1.54, 1.807) is 12.2 Å². The largest absolute Gasteiger partial charge is 0.387 e. The summed E-state index contributed by atoms with van der Waals surface area (Å²) < 4.78 is 9.83. The van der Waals surface area contributed by atoms with E-state index in [4.69, 9.17) is 9.47 Å². The summed E-state index contributed by atoms with van der Waals surface area (Å²) in [7, 11) is 2.97. The molecule has 1 aliphatic rings. The lowest BCUT2D eigenvalue weighted by Gasteiger charge is -2.31. The Labute approximate surface area is 71.4 Å². The molecule has 0 heterocycles. The molecule has 0 saturated carbocycles. The standard InChI is InChI=1S/C8H14O4/c1-11-5-3-4-6(12-2)8(10)7(5)9/h3-10H,1-2H3/t5-,6-,7-,8-/m1/s1. The van der Waals surface area contributed by atoms with E-state index in [2.05, 4.69) is 0 Å². The van der Waals surface area contributed by atoms with E-state index in [1.165, 1.54) is 14.2 Å². The molecular formula is C8H14O4. The van der Waals surface area contributed by atoms with E-state index in [-0.39, 0.29) is 0 Å². The molecule has 0 radical (unpaired) electrons. The van der Waals surface area contributed by atoms with Crippen molar-refractivity contribution in [2.24, 2.45) is 0 Å². The normalized spacial score (nSPS) is 41.7. The van der Waals surface area contributed by atoms with Crippen LogP contribution >= 0.6 is 0 Å². The van der Waals surface area contributed by atoms with Gasteiger partial charge in [-0.05, 0) is 0 Å². The number of hydrogen-bond donors (Lipinski definition) is 2. The quantitative estimate of drug-likeness (QED) is 0.544. The molecule has 0 aromatic rings. The third kappa shape index (κ3) is 1.67. The lowest BCUT2D eigenvalue weighted by atomic mass is 9.96. The zero-order valence-corrected chi connectivity index (χ0v) is 7.18. The average molecular weight is 174 g/mol. The van der Waals surface area contributed by atoms with Gasteiger partial charge < -0.3 is 19.7 Å². The van der Waals surface area contributed by atoms with Crippen molar-refractivity contribution < 1.29 is 19.7 Å². The molecule has 0 unspecified atom stereocenters. The van der Waals surface area contributed by atoms with Gasteiger partial charge in [-0.2, -0.15) is 0 Å². The van der Waals surface area contributed by atoms with Crippen molar-refractivity contribution in [1.82, 2.24) is 0 Å². The summed E-state index contributed by atoms with van der Waals surface area (Å²) in [4.78, 5) is 0. The minimum absolute atomic E-state index is 0.439. The van der Waals surface area contributed by atoms with Gasteiger partial charge in [-0.15, -0.1) is 0 Å². The topological polar surface area (TPSA) is 58.9 Å². The molecule has 70 valence electrons. The molecule has 0 aromatic heterocycles. The monoisotopic (exact) mass is 174 g/mol. The first kappa shape index (κ1) is 9.67. The molecule has 1 rings (SSSR count). The highest BCUT2D eigenvalue weighted by molar-refractivity contribution is 5.08. The van der Waals surface area contributed by atoms with Gasteiger partial charge in [0.05, 0.1) is 0 Å². The van der Waals surface area contributed by atoms with Crippen LogP contribution in [0.25, 0.3) is 0 Å². The Hall–Kier alpha value is -0.420. The lowest BCUT2D eigenvalue weighted by molar-refractivity contribution is -0.106. The summed E-state index contributed by atoms with van der Waals surface area (Å²) in [6.45, 7) is 0. The van der Waals surface area contributed by atoms with Gasteiger partial charge in [-0.25, -0.2) is 0 Å². The second-order valence-corrected chi connectivity index (χ2v) is 2.77. The molecule has 0 bridgehead atoms. The second-order valence-electron chi connectivity index (χ2n) is 2.77. The molecular weight excluding hydrogens is 160 g/mol. The SMILES string of the molecule is CO[C@@H]1C=C[C@@H](OC)[C@@H](O)[C@@H]1O. The predicted octanol–water partition coefficient (Wildman–Crippen LogP) is -0.692. The van der Waals surface area contributed by atoms with Gasteiger partial charge in [0.15, 0.2) is 0 Å². The molecule has 0 spiro atoms. The maximum absolute atomic E-state index is 9.43. The Morgan fingerprint density at radius 3 is 1.50 bits per heavy atom. The van der Waals surface area contributed by atoms with Gasteiger partial charge in [0, 0.05) is 14.2 Å². The van der Waals surface area contributed by atoms with Crippen LogP contribution in [0.15, 0.2) is 12.2 Å². The van der Waals surface area contributed by atoms with Crippen molar-refractivity contribution >= 4 is 0 Å². The Kier molecular flexibility index (Phi) is 3.22. The molecule has 0 amide bonds. The number of aliphatic hydroxyl groups is 2. The van der Waals surface area contributed by atoms with Gasteiger partial charge in [0.2, 0.25) is 0 Å². The number of ether oxygens (including phenoxy) is 2. The van der Waals surface area contributed by atoms with E-state index in [0.29, 0.717) is 0 Å². The van der Waals surface area contributed by atoms with E-state index in [1.807, 2.05) is 0 Å². The van der Waals surface area contributed by atoms with Gasteiger partial charge in [0.1, 0.15) is 24.4 Å². The van der Waals surface area contributed by atoms with Crippen LogP contribution in [0.3, 0.4) is 0 Å². The van der Waals surface area contributed by atoms with E-state index in [9.17, 15) is 10.2 Å². The van der Waals surface area contributed by atoms with Crippen LogP contribution in [0.1, 0.15) is 0 Å². The first-order valence-electron chi connectivity index (χ1n) is 3.80. The molecule has 2 N–H and O–H groups in total. The fraction of sp³-hybridized carbons (Fsp3) is 0.750. The molecule has 0 aliphatic heterocycles. The Bertz CT molecular complexity index is 150. The fourth-order valence-electron chi connectivity index (χ4n) is 1.27. The van der Waals surface area contributed by atoms with Crippen molar-refractivity contribution in [3.63, 3.8) is 0 Å². The van der Waals surface area contributed by atoms with Crippen LogP contribution in [-0.4, -0.2) is 48.8 Å². The van der Waals surface area contributed by atoms with Crippen LogP contribution in [0, 0.1) is 0 Å². The van der Waals surface area contributed by atoms with Crippen molar-refractivity contribution in [1.29, 1.82) is 0 Å². The summed E-state index contributed by atoms with van der Waals surface area (Å²) in [5.74, 6) is 0. The summed E-state index contributed by atoms with van der Waals surface area (Å²) in [5.41, 5.74) is 0. The number of aliphatic hydroxyl groups excluding tert-OH is 2. The smallest absolute Gasteiger partial charge is 0.112 e. The summed E-state index contributed by atoms with van der Waals surface area (Å²) in [6, 6.07) is 0. The highest BCUT2D eigenvalue weighted by Crippen LogP contribution is 2.17. The number of hydrogen-bond acceptors (Lipinski definition) is 4. The maximum Gasteiger partial charge on any atom is 0.112 e. The lowest BCUT2D eigenvalue weighted by Crippen LogP contribution is -2.47. The van der Waals surface area contributed by atoms with E-state index in [0.717, 1.165) is 0 Å². The minimum atomic E-state index is -0.912. The summed E-state index contributed by atoms with van der Waals surface area (Å²) in [5, 5.41) is 18.9. The van der Waals surface area contributed by atoms with Crippen LogP contribution in [0.5, 0.6) is 0 Å². The molecule has 0 fully saturated rings. The predicted molar refractivity (Wildman–Crippen MR) is 42.7 cm³/mol. The first-order chi connectivity index (χ1) is 5.70. The Morgan fingerprint density at radius 1 is 0.917 bits per heavy atom. The molecule has 0 aromatic carbocycles. The van der Waals surface area contributed by atoms with Gasteiger partial charge in [0.25, 0.3) is 0 Å². The van der Waals surface area contributed by atoms with Crippen LogP contribution < -0.4 is 0 Å². The van der Waals surface area contributed by atoms with E-state index < -0.39 is 24.4 Å². The zero-order valence-electron chi connectivity index (χ0n) is 7.18. The highest BCUT2D eigenvalue weighted by atomic mass is 16.5. The maximum atomic E-state index is 9.43. The second kappa shape index (κ2) is 4.00. The molecule has 0 saturated heterocycles. The highest BCUT2D eigenvalue weighted by Gasteiger charge is 2.33. The zero-order chi connectivity index (χ0) is 9.14. The summed E-state index contributed by atoms with van der Waals surface area (Å²) >= 11 is 0. The Balaban J connectivity index is 2.68. The van der Waals surface area contributed by atoms with Crippen molar-refractivity contribution in [2.75, 3.05) is 14.2 Å². The Morgan fingerprint density at radius 2 is 1.25 bits per heavy atom. The van der Waals surface area contributed by atoms with Gasteiger partial charge in [-0.3, -0.25) is 0 Å². The van der Waals surface area contributed by atoms with Crippen molar-refractivity contribution in [2.45, 2.75) is 24.4 Å². The van der Waals surface area contributed by atoms with Crippen LogP contribution in [0.2, 0.25) is 0 Å². The van der Waals surface area contributed by atoms with E-state index >= 15 is 0 Å². The first-order valence-corrected chi connectivity index (χ1v) is 3.80. The molecule has 1 aliphatic carbocycles. The minimum Gasteiger partial charge on any atom is -0.387 e. The van der Waals surface area contributed by atoms with Gasteiger partial charge in [-0.1, -0.05) is 12.2 Å². The average Bonchev–Trinajstić information content (AvgIpc) is 2.10.